The quantitative estimate of drug-likeness (QED) is 0.612. The molecule has 1 atom stereocenters. The number of nitrogens with zero attached hydrogens (tertiary/aromatic N) is 1. The minimum Gasteiger partial charge on any atom is -0.485 e. The monoisotopic (exact) mass is 239 g/mol. The molecule has 0 fully saturated rings. The molecule has 18 heavy (non-hydrogen) atoms. The second-order valence-corrected chi connectivity index (χ2v) is 4.26. The highest BCUT2D eigenvalue weighted by Gasteiger charge is 2.26. The molecule has 1 unspecified atom stereocenters. The van der Waals surface area contributed by atoms with E-state index >= 15 is 0 Å². The van der Waals surface area contributed by atoms with E-state index < -0.39 is 0 Å². The highest BCUT2D eigenvalue weighted by atomic mass is 16.5. The summed E-state index contributed by atoms with van der Waals surface area (Å²) in [5, 5.41) is 12.5. The van der Waals surface area contributed by atoms with Gasteiger partial charge in [0.15, 0.2) is 0 Å². The van der Waals surface area contributed by atoms with E-state index in [1.807, 2.05) is 54.6 Å². The highest BCUT2D eigenvalue weighted by molar-refractivity contribution is 6.03. The highest BCUT2D eigenvalue weighted by Crippen LogP contribution is 2.34. The molecule has 0 saturated carbocycles. The van der Waals surface area contributed by atoms with Gasteiger partial charge in [-0.05, 0) is 17.7 Å². The zero-order chi connectivity index (χ0) is 12.4. The lowest BCUT2D eigenvalue weighted by Crippen LogP contribution is -2.20. The predicted molar refractivity (Wildman–Crippen MR) is 69.2 cm³/mol. The van der Waals surface area contributed by atoms with E-state index in [0.717, 1.165) is 16.9 Å². The van der Waals surface area contributed by atoms with Crippen LogP contribution in [0.3, 0.4) is 0 Å². The first-order valence-electron chi connectivity index (χ1n) is 5.90. The number of benzene rings is 2. The number of oxime groups is 1. The van der Waals surface area contributed by atoms with E-state index in [-0.39, 0.29) is 6.10 Å². The number of para-hydroxylation sites is 1. The molecule has 0 spiro atoms. The summed E-state index contributed by atoms with van der Waals surface area (Å²) in [6.07, 6.45) is 0.490. The van der Waals surface area contributed by atoms with Crippen LogP contribution >= 0.6 is 0 Å². The second-order valence-electron chi connectivity index (χ2n) is 4.26. The third-order valence-electron chi connectivity index (χ3n) is 3.14. The number of hydrogen-bond acceptors (Lipinski definition) is 3. The molecule has 0 radical (unpaired) electrons. The number of ether oxygens (including phenoxy) is 1. The predicted octanol–water partition coefficient (Wildman–Crippen LogP) is 3.39. The third kappa shape index (κ3) is 1.84. The van der Waals surface area contributed by atoms with Gasteiger partial charge in [0.1, 0.15) is 11.9 Å². The maximum atomic E-state index is 9.13. The smallest absolute Gasteiger partial charge is 0.129 e. The molecule has 1 aliphatic heterocycles. The fourth-order valence-electron chi connectivity index (χ4n) is 2.24. The Balaban J connectivity index is 2.00. The van der Waals surface area contributed by atoms with Crippen molar-refractivity contribution >= 4 is 5.71 Å². The van der Waals surface area contributed by atoms with Crippen LogP contribution in [0.4, 0.5) is 0 Å². The number of rotatable bonds is 1. The van der Waals surface area contributed by atoms with E-state index in [0.29, 0.717) is 12.1 Å². The van der Waals surface area contributed by atoms with Gasteiger partial charge in [-0.15, -0.1) is 0 Å². The Labute approximate surface area is 105 Å². The molecule has 90 valence electrons. The van der Waals surface area contributed by atoms with Gasteiger partial charge in [-0.1, -0.05) is 47.6 Å². The van der Waals surface area contributed by atoms with Crippen LogP contribution in [-0.4, -0.2) is 10.9 Å². The Morgan fingerprint density at radius 3 is 2.50 bits per heavy atom. The molecule has 0 saturated heterocycles. The lowest BCUT2D eigenvalue weighted by Gasteiger charge is -2.26. The molecule has 0 aliphatic carbocycles. The standard InChI is InChI=1S/C15H13NO2/c17-16-13-10-15(11-6-2-1-3-7-11)18-14-9-5-4-8-12(13)14/h1-9,15,17H,10H2. The summed E-state index contributed by atoms with van der Waals surface area (Å²) in [7, 11) is 0. The van der Waals surface area contributed by atoms with Crippen molar-refractivity contribution in [1.82, 2.24) is 0 Å². The maximum absolute atomic E-state index is 9.13. The summed E-state index contributed by atoms with van der Waals surface area (Å²) in [6, 6.07) is 17.6. The zero-order valence-electron chi connectivity index (χ0n) is 9.78. The Bertz CT molecular complexity index is 578. The summed E-state index contributed by atoms with van der Waals surface area (Å²) in [5.74, 6) is 0.769. The van der Waals surface area contributed by atoms with Crippen molar-refractivity contribution in [2.45, 2.75) is 12.5 Å². The van der Waals surface area contributed by atoms with Gasteiger partial charge in [0.25, 0.3) is 0 Å². The van der Waals surface area contributed by atoms with Crippen molar-refractivity contribution in [3.8, 4) is 5.75 Å². The van der Waals surface area contributed by atoms with Gasteiger partial charge in [0, 0.05) is 12.0 Å². The van der Waals surface area contributed by atoms with Crippen molar-refractivity contribution in [1.29, 1.82) is 0 Å². The van der Waals surface area contributed by atoms with E-state index in [2.05, 4.69) is 5.16 Å². The molecule has 2 aromatic carbocycles. The molecule has 0 amide bonds. The van der Waals surface area contributed by atoms with Crippen molar-refractivity contribution in [3.05, 3.63) is 65.7 Å². The Morgan fingerprint density at radius 1 is 1.00 bits per heavy atom. The van der Waals surface area contributed by atoms with Gasteiger partial charge < -0.3 is 9.94 Å². The maximum Gasteiger partial charge on any atom is 0.129 e. The van der Waals surface area contributed by atoms with Crippen molar-refractivity contribution < 1.29 is 9.94 Å². The van der Waals surface area contributed by atoms with Crippen molar-refractivity contribution in [2.75, 3.05) is 0 Å². The molecule has 3 heteroatoms. The van der Waals surface area contributed by atoms with Gasteiger partial charge in [-0.25, -0.2) is 0 Å². The van der Waals surface area contributed by atoms with E-state index in [1.165, 1.54) is 0 Å². The van der Waals surface area contributed by atoms with Crippen molar-refractivity contribution in [3.63, 3.8) is 0 Å². The number of hydrogen-bond donors (Lipinski definition) is 1. The first-order chi connectivity index (χ1) is 8.88. The summed E-state index contributed by atoms with van der Waals surface area (Å²) in [4.78, 5) is 0. The van der Waals surface area contributed by atoms with Gasteiger partial charge in [0.05, 0.1) is 5.71 Å². The first kappa shape index (κ1) is 10.8. The molecule has 1 heterocycles. The van der Waals surface area contributed by atoms with E-state index in [9.17, 15) is 0 Å². The SMILES string of the molecule is ON=C1CC(c2ccccc2)Oc2ccccc21. The molecular weight excluding hydrogens is 226 g/mol. The lowest BCUT2D eigenvalue weighted by atomic mass is 9.96. The molecule has 1 N–H and O–H groups in total. The number of fused-ring (bicyclic) bond motifs is 1. The van der Waals surface area contributed by atoms with Gasteiger partial charge in [0.2, 0.25) is 0 Å². The van der Waals surface area contributed by atoms with E-state index in [1.54, 1.807) is 0 Å². The van der Waals surface area contributed by atoms with Crippen molar-refractivity contribution in [2.24, 2.45) is 5.16 Å². The summed E-state index contributed by atoms with van der Waals surface area (Å²) < 4.78 is 5.96. The summed E-state index contributed by atoms with van der Waals surface area (Å²) in [5.41, 5.74) is 2.63. The fourth-order valence-corrected chi connectivity index (χ4v) is 2.24. The Kier molecular flexibility index (Phi) is 2.73. The minimum absolute atomic E-state index is 0.0907. The third-order valence-corrected chi connectivity index (χ3v) is 3.14. The molecule has 0 bridgehead atoms. The van der Waals surface area contributed by atoms with Gasteiger partial charge >= 0.3 is 0 Å². The molecule has 3 rings (SSSR count). The largest absolute Gasteiger partial charge is 0.485 e. The normalized spacial score (nSPS) is 20.2. The van der Waals surface area contributed by atoms with Gasteiger partial charge in [-0.3, -0.25) is 0 Å². The molecule has 0 aromatic heterocycles. The average molecular weight is 239 g/mol. The zero-order valence-corrected chi connectivity index (χ0v) is 9.78. The van der Waals surface area contributed by atoms with Crippen LogP contribution in [0.25, 0.3) is 0 Å². The van der Waals surface area contributed by atoms with Crippen LogP contribution in [0.2, 0.25) is 0 Å². The summed E-state index contributed by atoms with van der Waals surface area (Å²) in [6.45, 7) is 0. The topological polar surface area (TPSA) is 41.8 Å². The Morgan fingerprint density at radius 2 is 1.72 bits per heavy atom. The van der Waals surface area contributed by atoms with Crippen LogP contribution in [0.1, 0.15) is 23.7 Å². The summed E-state index contributed by atoms with van der Waals surface area (Å²) >= 11 is 0. The van der Waals surface area contributed by atoms with E-state index in [4.69, 9.17) is 9.94 Å². The molecule has 1 aliphatic rings. The van der Waals surface area contributed by atoms with Gasteiger partial charge in [-0.2, -0.15) is 0 Å². The van der Waals surface area contributed by atoms with Crippen LogP contribution in [-0.2, 0) is 0 Å². The molecule has 3 nitrogen and oxygen atoms in total. The van der Waals surface area contributed by atoms with Crippen LogP contribution in [0.5, 0.6) is 5.75 Å². The lowest BCUT2D eigenvalue weighted by molar-refractivity contribution is 0.203. The fraction of sp³-hybridized carbons (Fsp3) is 0.133. The molecular formula is C15H13NO2. The van der Waals surface area contributed by atoms with Crippen LogP contribution in [0.15, 0.2) is 59.8 Å². The Hall–Kier alpha value is -2.29. The average Bonchev–Trinajstić information content (AvgIpc) is 2.47. The first-order valence-corrected chi connectivity index (χ1v) is 5.90. The van der Waals surface area contributed by atoms with Crippen LogP contribution < -0.4 is 4.74 Å². The minimum atomic E-state index is -0.0907. The molecule has 2 aromatic rings. The van der Waals surface area contributed by atoms with Crippen LogP contribution in [0, 0.1) is 0 Å². The second kappa shape index (κ2) is 4.53.